The summed E-state index contributed by atoms with van der Waals surface area (Å²) < 4.78 is 0. The minimum absolute atomic E-state index is 0.400. The van der Waals surface area contributed by atoms with Crippen LogP contribution in [0.25, 0.3) is 0 Å². The van der Waals surface area contributed by atoms with Gasteiger partial charge in [0.05, 0.1) is 5.75 Å². The molecule has 68 valence electrons. The maximum absolute atomic E-state index is 11.0. The summed E-state index contributed by atoms with van der Waals surface area (Å²) in [4.78, 5) is 11.0. The first-order valence-corrected chi connectivity index (χ1v) is 5.59. The molecule has 0 aromatic heterocycles. The van der Waals surface area contributed by atoms with Crippen molar-refractivity contribution < 1.29 is 4.79 Å². The second kappa shape index (κ2) is 3.97. The van der Waals surface area contributed by atoms with Crippen LogP contribution in [0.15, 0.2) is 30.3 Å². The number of carbonyl (C=O) groups excluding carboxylic acids is 1. The molecule has 0 N–H and O–H groups in total. The molecule has 13 heavy (non-hydrogen) atoms. The molecule has 1 heterocycles. The highest BCUT2D eigenvalue weighted by atomic mass is 32.2. The lowest BCUT2D eigenvalue weighted by atomic mass is 10.1. The van der Waals surface area contributed by atoms with Crippen molar-refractivity contribution in [1.82, 2.24) is 0 Å². The standard InChI is InChI=1S/C11H12OS/c12-10-6-7-11(13-8-10)9-4-2-1-3-5-9/h1-5,11H,6-8H2. The molecule has 1 aromatic carbocycles. The largest absolute Gasteiger partial charge is 0.299 e. The van der Waals surface area contributed by atoms with Crippen molar-refractivity contribution in [1.29, 1.82) is 0 Å². The van der Waals surface area contributed by atoms with Crippen LogP contribution in [0.2, 0.25) is 0 Å². The molecule has 1 unspecified atom stereocenters. The maximum atomic E-state index is 11.0. The van der Waals surface area contributed by atoms with Crippen LogP contribution in [-0.4, -0.2) is 11.5 Å². The molecule has 2 rings (SSSR count). The van der Waals surface area contributed by atoms with Gasteiger partial charge in [-0.1, -0.05) is 30.3 Å². The Hall–Kier alpha value is -0.760. The maximum Gasteiger partial charge on any atom is 0.142 e. The van der Waals surface area contributed by atoms with Crippen LogP contribution in [-0.2, 0) is 4.79 Å². The van der Waals surface area contributed by atoms with Gasteiger partial charge in [0.1, 0.15) is 5.78 Å². The molecule has 0 radical (unpaired) electrons. The molecule has 0 aliphatic carbocycles. The third-order valence-corrected chi connectivity index (χ3v) is 3.70. The number of rotatable bonds is 1. The van der Waals surface area contributed by atoms with Gasteiger partial charge in [0.25, 0.3) is 0 Å². The van der Waals surface area contributed by atoms with E-state index in [1.54, 1.807) is 11.8 Å². The second-order valence-corrected chi connectivity index (χ2v) is 4.48. The first-order valence-electron chi connectivity index (χ1n) is 4.54. The van der Waals surface area contributed by atoms with Crippen molar-refractivity contribution in [3.63, 3.8) is 0 Å². The predicted octanol–water partition coefficient (Wildman–Crippen LogP) is 2.82. The fourth-order valence-corrected chi connectivity index (χ4v) is 2.74. The van der Waals surface area contributed by atoms with Crippen molar-refractivity contribution in [2.45, 2.75) is 18.1 Å². The highest BCUT2D eigenvalue weighted by Crippen LogP contribution is 2.36. The molecule has 0 spiro atoms. The molecular weight excluding hydrogens is 180 g/mol. The lowest BCUT2D eigenvalue weighted by molar-refractivity contribution is -0.116. The van der Waals surface area contributed by atoms with Crippen LogP contribution in [0.5, 0.6) is 0 Å². The van der Waals surface area contributed by atoms with E-state index in [1.807, 2.05) is 6.07 Å². The molecule has 1 aliphatic heterocycles. The highest BCUT2D eigenvalue weighted by molar-refractivity contribution is 8.00. The first kappa shape index (κ1) is 8.82. The van der Waals surface area contributed by atoms with E-state index >= 15 is 0 Å². The molecule has 1 atom stereocenters. The van der Waals surface area contributed by atoms with E-state index in [-0.39, 0.29) is 0 Å². The van der Waals surface area contributed by atoms with Crippen molar-refractivity contribution in [2.75, 3.05) is 5.75 Å². The summed E-state index contributed by atoms with van der Waals surface area (Å²) in [5.74, 6) is 1.09. The van der Waals surface area contributed by atoms with E-state index in [0.717, 1.165) is 12.8 Å². The van der Waals surface area contributed by atoms with Crippen molar-refractivity contribution in [3.05, 3.63) is 35.9 Å². The third kappa shape index (κ3) is 2.13. The van der Waals surface area contributed by atoms with Gasteiger partial charge >= 0.3 is 0 Å². The highest BCUT2D eigenvalue weighted by Gasteiger charge is 2.19. The normalized spacial score (nSPS) is 23.1. The van der Waals surface area contributed by atoms with Crippen LogP contribution in [0.1, 0.15) is 23.7 Å². The number of hydrogen-bond acceptors (Lipinski definition) is 2. The lowest BCUT2D eigenvalue weighted by Crippen LogP contribution is -2.11. The Morgan fingerprint density at radius 2 is 2.00 bits per heavy atom. The zero-order valence-electron chi connectivity index (χ0n) is 7.40. The Balaban J connectivity index is 2.07. The molecule has 1 fully saturated rings. The second-order valence-electron chi connectivity index (χ2n) is 3.29. The summed E-state index contributed by atoms with van der Waals surface area (Å²) in [6.45, 7) is 0. The molecule has 0 saturated carbocycles. The Kier molecular flexibility index (Phi) is 2.69. The van der Waals surface area contributed by atoms with Crippen LogP contribution >= 0.6 is 11.8 Å². The Morgan fingerprint density at radius 3 is 2.62 bits per heavy atom. The molecule has 0 bridgehead atoms. The molecule has 1 saturated heterocycles. The zero-order valence-corrected chi connectivity index (χ0v) is 8.22. The van der Waals surface area contributed by atoms with E-state index in [4.69, 9.17) is 0 Å². The van der Waals surface area contributed by atoms with Gasteiger partial charge in [0, 0.05) is 11.7 Å². The number of carbonyl (C=O) groups is 1. The van der Waals surface area contributed by atoms with Gasteiger partial charge in [-0.15, -0.1) is 11.8 Å². The number of hydrogen-bond donors (Lipinski definition) is 0. The number of thioether (sulfide) groups is 1. The number of benzene rings is 1. The van der Waals surface area contributed by atoms with Crippen LogP contribution < -0.4 is 0 Å². The monoisotopic (exact) mass is 192 g/mol. The fraction of sp³-hybridized carbons (Fsp3) is 0.364. The quantitative estimate of drug-likeness (QED) is 0.680. The summed E-state index contributed by atoms with van der Waals surface area (Å²) in [7, 11) is 0. The van der Waals surface area contributed by atoms with E-state index in [9.17, 15) is 4.79 Å². The average Bonchev–Trinajstić information content (AvgIpc) is 2.20. The Labute approximate surface area is 82.5 Å². The van der Waals surface area contributed by atoms with Gasteiger partial charge in [0.15, 0.2) is 0 Å². The van der Waals surface area contributed by atoms with E-state index in [0.29, 0.717) is 16.8 Å². The molecule has 1 aromatic rings. The van der Waals surface area contributed by atoms with Gasteiger partial charge < -0.3 is 0 Å². The third-order valence-electron chi connectivity index (χ3n) is 2.30. The summed E-state index contributed by atoms with van der Waals surface area (Å²) in [6.07, 6.45) is 1.76. The van der Waals surface area contributed by atoms with Crippen molar-refractivity contribution >= 4 is 17.5 Å². The summed E-state index contributed by atoms with van der Waals surface area (Å²) in [6, 6.07) is 10.4. The van der Waals surface area contributed by atoms with E-state index in [1.165, 1.54) is 5.56 Å². The minimum atomic E-state index is 0.400. The topological polar surface area (TPSA) is 17.1 Å². The van der Waals surface area contributed by atoms with Crippen molar-refractivity contribution in [2.24, 2.45) is 0 Å². The molecule has 0 amide bonds. The summed E-state index contributed by atoms with van der Waals surface area (Å²) >= 11 is 1.77. The lowest BCUT2D eigenvalue weighted by Gasteiger charge is -2.20. The smallest absolute Gasteiger partial charge is 0.142 e. The molecule has 1 aliphatic rings. The summed E-state index contributed by atoms with van der Waals surface area (Å²) in [5.41, 5.74) is 1.36. The summed E-state index contributed by atoms with van der Waals surface area (Å²) in [5, 5.41) is 0.541. The van der Waals surface area contributed by atoms with Gasteiger partial charge in [0.2, 0.25) is 0 Å². The SMILES string of the molecule is O=C1CCC(c2ccccc2)SC1. The number of ketones is 1. The van der Waals surface area contributed by atoms with Crippen LogP contribution in [0, 0.1) is 0 Å². The molecular formula is C11H12OS. The van der Waals surface area contributed by atoms with Gasteiger partial charge in [-0.3, -0.25) is 4.79 Å². The van der Waals surface area contributed by atoms with E-state index in [2.05, 4.69) is 24.3 Å². The first-order chi connectivity index (χ1) is 6.36. The van der Waals surface area contributed by atoms with Crippen LogP contribution in [0.4, 0.5) is 0 Å². The van der Waals surface area contributed by atoms with E-state index < -0.39 is 0 Å². The predicted molar refractivity (Wildman–Crippen MR) is 55.9 cm³/mol. The molecule has 2 heteroatoms. The fourth-order valence-electron chi connectivity index (χ4n) is 1.57. The van der Waals surface area contributed by atoms with Gasteiger partial charge in [-0.05, 0) is 12.0 Å². The minimum Gasteiger partial charge on any atom is -0.299 e. The van der Waals surface area contributed by atoms with Crippen molar-refractivity contribution in [3.8, 4) is 0 Å². The van der Waals surface area contributed by atoms with Gasteiger partial charge in [-0.2, -0.15) is 0 Å². The Morgan fingerprint density at radius 1 is 1.23 bits per heavy atom. The van der Waals surface area contributed by atoms with Crippen LogP contribution in [0.3, 0.4) is 0 Å². The van der Waals surface area contributed by atoms with Gasteiger partial charge in [-0.25, -0.2) is 0 Å². The Bertz CT molecular complexity index is 284. The molecule has 1 nitrogen and oxygen atoms in total. The number of Topliss-reactive ketones (excluding diaryl/α,β-unsaturated/α-hetero) is 1. The zero-order chi connectivity index (χ0) is 9.10. The average molecular weight is 192 g/mol.